The molecule has 68 valence electrons. The van der Waals surface area contributed by atoms with E-state index in [1.165, 1.54) is 20.6 Å². The lowest BCUT2D eigenvalue weighted by atomic mass is 10.3. The van der Waals surface area contributed by atoms with Crippen LogP contribution in [-0.2, 0) is 7.05 Å². The largest absolute Gasteiger partial charge is 0.350 e. The fourth-order valence-corrected chi connectivity index (χ4v) is 2.50. The van der Waals surface area contributed by atoms with E-state index in [2.05, 4.69) is 58.9 Å². The van der Waals surface area contributed by atoms with Crippen LogP contribution in [0, 0.1) is 6.92 Å². The highest BCUT2D eigenvalue weighted by Gasteiger charge is 2.02. The van der Waals surface area contributed by atoms with Gasteiger partial charge in [0.15, 0.2) is 0 Å². The lowest BCUT2D eigenvalue weighted by molar-refractivity contribution is 0.885. The van der Waals surface area contributed by atoms with E-state index in [-0.39, 0.29) is 0 Å². The summed E-state index contributed by atoms with van der Waals surface area (Å²) in [6.07, 6.45) is 9.74. The molecule has 2 heteroatoms. The molecule has 13 heavy (non-hydrogen) atoms. The van der Waals surface area contributed by atoms with Crippen molar-refractivity contribution in [1.82, 2.24) is 4.57 Å². The van der Waals surface area contributed by atoms with Crippen LogP contribution in [0.25, 0.3) is 10.6 Å². The molecule has 2 rings (SSSR count). The number of halogens is 1. The van der Waals surface area contributed by atoms with Gasteiger partial charge in [-0.05, 0) is 18.9 Å². The van der Waals surface area contributed by atoms with Crippen LogP contribution in [0.15, 0.2) is 18.3 Å². The Balaban J connectivity index is 2.98. The maximum atomic E-state index is 3.60. The van der Waals surface area contributed by atoms with Crippen molar-refractivity contribution in [3.63, 3.8) is 0 Å². The Morgan fingerprint density at radius 3 is 3.00 bits per heavy atom. The summed E-state index contributed by atoms with van der Waals surface area (Å²) in [5.74, 6) is 0. The molecule has 0 fully saturated rings. The third-order valence-corrected chi connectivity index (χ3v) is 3.03. The zero-order chi connectivity index (χ0) is 9.42. The van der Waals surface area contributed by atoms with Crippen molar-refractivity contribution >= 4 is 26.5 Å². The third kappa shape index (κ3) is 1.39. The van der Waals surface area contributed by atoms with E-state index in [1.54, 1.807) is 0 Å². The maximum absolute atomic E-state index is 3.60. The minimum atomic E-state index is 1.01. The van der Waals surface area contributed by atoms with E-state index in [0.717, 1.165) is 6.42 Å². The summed E-state index contributed by atoms with van der Waals surface area (Å²) in [4.78, 5) is 0. The second kappa shape index (κ2) is 3.18. The molecule has 0 spiro atoms. The molecule has 0 radical (unpaired) electrons. The predicted molar refractivity (Wildman–Crippen MR) is 60.0 cm³/mol. The number of hydrogen-bond donors (Lipinski definition) is 0. The molecule has 0 saturated carbocycles. The van der Waals surface area contributed by atoms with Gasteiger partial charge in [-0.1, -0.05) is 34.2 Å². The minimum absolute atomic E-state index is 1.01. The number of allylic oxidation sites excluding steroid dienone is 2. The molecule has 1 aliphatic rings. The highest BCUT2D eigenvalue weighted by Crippen LogP contribution is 2.08. The monoisotopic (exact) mass is 237 g/mol. The fourth-order valence-electron chi connectivity index (χ4n) is 1.79. The quantitative estimate of drug-likeness (QED) is 0.646. The Bertz CT molecular complexity index is 477. The van der Waals surface area contributed by atoms with Crippen molar-refractivity contribution in [2.45, 2.75) is 13.3 Å². The Labute approximate surface area is 86.2 Å². The molecule has 1 aromatic heterocycles. The number of fused-ring (bicyclic) bond motifs is 1. The van der Waals surface area contributed by atoms with Crippen molar-refractivity contribution in [3.05, 3.63) is 34.5 Å². The molecule has 0 aliphatic heterocycles. The van der Waals surface area contributed by atoms with Crippen LogP contribution in [0.5, 0.6) is 0 Å². The first-order chi connectivity index (χ1) is 6.20. The lowest BCUT2D eigenvalue weighted by Crippen LogP contribution is -2.28. The Hall–Kier alpha value is -0.760. The third-order valence-electron chi connectivity index (χ3n) is 2.37. The summed E-state index contributed by atoms with van der Waals surface area (Å²) >= 11 is 3.60. The first-order valence-corrected chi connectivity index (χ1v) is 5.18. The summed E-state index contributed by atoms with van der Waals surface area (Å²) in [5, 5.41) is 2.64. The zero-order valence-corrected chi connectivity index (χ0v) is 9.43. The molecule has 1 aliphatic carbocycles. The summed E-state index contributed by atoms with van der Waals surface area (Å²) in [6.45, 7) is 2.15. The van der Waals surface area contributed by atoms with Gasteiger partial charge in [0.1, 0.15) is 0 Å². The molecule has 0 saturated heterocycles. The molecule has 0 aromatic carbocycles. The van der Waals surface area contributed by atoms with Crippen LogP contribution in [0.2, 0.25) is 0 Å². The average molecular weight is 238 g/mol. The van der Waals surface area contributed by atoms with E-state index in [4.69, 9.17) is 0 Å². The summed E-state index contributed by atoms with van der Waals surface area (Å²) in [6, 6.07) is 0. The molecule has 0 atom stereocenters. The maximum Gasteiger partial charge on any atom is 0.0454 e. The highest BCUT2D eigenvalue weighted by atomic mass is 79.9. The standard InChI is InChI=1S/C11H12BrN/c1-8-7-13(2)10-6-4-3-5-9(12)11(8)10/h3,5-7H,4H2,1-2H3. The fraction of sp³-hybridized carbons (Fsp3) is 0.273. The van der Waals surface area contributed by atoms with Crippen LogP contribution in [0.3, 0.4) is 0 Å². The van der Waals surface area contributed by atoms with E-state index >= 15 is 0 Å². The molecule has 1 aromatic rings. The molecule has 0 unspecified atom stereocenters. The van der Waals surface area contributed by atoms with Crippen molar-refractivity contribution < 1.29 is 0 Å². The van der Waals surface area contributed by atoms with Gasteiger partial charge in [0.25, 0.3) is 0 Å². The normalized spacial score (nSPS) is 15.2. The van der Waals surface area contributed by atoms with Gasteiger partial charge in [-0.2, -0.15) is 0 Å². The molecule has 1 heterocycles. The van der Waals surface area contributed by atoms with Crippen molar-refractivity contribution in [1.29, 1.82) is 0 Å². The smallest absolute Gasteiger partial charge is 0.0454 e. The molecule has 0 amide bonds. The first-order valence-electron chi connectivity index (χ1n) is 4.38. The number of nitrogens with zero attached hydrogens (tertiary/aromatic N) is 1. The minimum Gasteiger partial charge on any atom is -0.350 e. The van der Waals surface area contributed by atoms with Gasteiger partial charge in [0.05, 0.1) is 0 Å². The summed E-state index contributed by atoms with van der Waals surface area (Å²) < 4.78 is 3.37. The number of rotatable bonds is 0. The lowest BCUT2D eigenvalue weighted by Gasteiger charge is -1.89. The molecule has 0 N–H and O–H groups in total. The van der Waals surface area contributed by atoms with Gasteiger partial charge in [-0.3, -0.25) is 0 Å². The number of aryl methyl sites for hydroxylation is 2. The average Bonchev–Trinajstić information content (AvgIpc) is 2.28. The molecule has 0 bridgehead atoms. The Kier molecular flexibility index (Phi) is 2.16. The topological polar surface area (TPSA) is 4.93 Å². The van der Waals surface area contributed by atoms with Gasteiger partial charge in [-0.15, -0.1) is 0 Å². The molecular formula is C11H12BrN. The second-order valence-electron chi connectivity index (χ2n) is 3.37. The summed E-state index contributed by atoms with van der Waals surface area (Å²) in [7, 11) is 2.09. The van der Waals surface area contributed by atoms with E-state index < -0.39 is 0 Å². The van der Waals surface area contributed by atoms with E-state index in [0.29, 0.717) is 0 Å². The Morgan fingerprint density at radius 2 is 2.23 bits per heavy atom. The van der Waals surface area contributed by atoms with Crippen LogP contribution >= 0.6 is 15.9 Å². The highest BCUT2D eigenvalue weighted by molar-refractivity contribution is 9.15. The van der Waals surface area contributed by atoms with Crippen molar-refractivity contribution in [2.24, 2.45) is 7.05 Å². The van der Waals surface area contributed by atoms with Gasteiger partial charge in [-0.25, -0.2) is 0 Å². The molecular weight excluding hydrogens is 226 g/mol. The van der Waals surface area contributed by atoms with Crippen LogP contribution < -0.4 is 10.6 Å². The van der Waals surface area contributed by atoms with E-state index in [1.807, 2.05) is 0 Å². The van der Waals surface area contributed by atoms with Crippen LogP contribution in [0.1, 0.15) is 12.0 Å². The van der Waals surface area contributed by atoms with Crippen molar-refractivity contribution in [3.8, 4) is 0 Å². The zero-order valence-electron chi connectivity index (χ0n) is 7.84. The van der Waals surface area contributed by atoms with E-state index in [9.17, 15) is 0 Å². The second-order valence-corrected chi connectivity index (χ2v) is 4.23. The number of aromatic nitrogens is 1. The van der Waals surface area contributed by atoms with Gasteiger partial charge in [0.2, 0.25) is 0 Å². The molecule has 1 nitrogen and oxygen atoms in total. The van der Waals surface area contributed by atoms with Gasteiger partial charge >= 0.3 is 0 Å². The van der Waals surface area contributed by atoms with Gasteiger partial charge in [0, 0.05) is 28.3 Å². The van der Waals surface area contributed by atoms with Gasteiger partial charge < -0.3 is 4.57 Å². The summed E-state index contributed by atoms with van der Waals surface area (Å²) in [5.41, 5.74) is 1.33. The first kappa shape index (κ1) is 8.82. The van der Waals surface area contributed by atoms with Crippen LogP contribution in [0.4, 0.5) is 0 Å². The predicted octanol–water partition coefficient (Wildman–Crippen LogP) is 1.58. The SMILES string of the molecule is Cc1cn(C)c2c1=C(Br)C=CCC=2. The number of hydrogen-bond acceptors (Lipinski definition) is 0. The Morgan fingerprint density at radius 1 is 1.46 bits per heavy atom. The van der Waals surface area contributed by atoms with Crippen LogP contribution in [-0.4, -0.2) is 4.57 Å². The van der Waals surface area contributed by atoms with Crippen molar-refractivity contribution in [2.75, 3.05) is 0 Å².